The number of rotatable bonds is 9. The molecule has 0 spiro atoms. The first-order valence-corrected chi connectivity index (χ1v) is 11.4. The van der Waals surface area contributed by atoms with E-state index in [2.05, 4.69) is 70.1 Å². The van der Waals surface area contributed by atoms with Crippen molar-refractivity contribution in [2.24, 2.45) is 10.9 Å². The standard InChI is InChI=1S/C24H38N6O.HI/c1-5-25-24(28-15-23-18-29(11-12-31-23)16-19(2)3)27-14-21-7-6-8-22(13-21)17-30-10-9-26-20(30)4;/h6-10,13,19,23H,5,11-12,14-18H2,1-4H3,(H2,25,27,28);1H. The largest absolute Gasteiger partial charge is 0.374 e. The van der Waals surface area contributed by atoms with E-state index in [0.29, 0.717) is 12.5 Å². The summed E-state index contributed by atoms with van der Waals surface area (Å²) in [6.45, 7) is 15.6. The number of guanidine groups is 1. The molecule has 178 valence electrons. The minimum atomic E-state index is 0. The highest BCUT2D eigenvalue weighted by atomic mass is 127. The summed E-state index contributed by atoms with van der Waals surface area (Å²) in [6.07, 6.45) is 4.05. The number of halogens is 1. The van der Waals surface area contributed by atoms with E-state index in [9.17, 15) is 0 Å². The van der Waals surface area contributed by atoms with E-state index in [1.165, 1.54) is 11.1 Å². The average Bonchev–Trinajstić information content (AvgIpc) is 3.14. The molecule has 2 aromatic rings. The maximum atomic E-state index is 5.96. The van der Waals surface area contributed by atoms with Crippen LogP contribution in [0.25, 0.3) is 0 Å². The number of nitrogens with zero attached hydrogens (tertiary/aromatic N) is 4. The molecule has 1 aromatic carbocycles. The van der Waals surface area contributed by atoms with Crippen LogP contribution in [0.1, 0.15) is 37.7 Å². The molecule has 8 heteroatoms. The van der Waals surface area contributed by atoms with Crippen molar-refractivity contribution in [1.82, 2.24) is 25.1 Å². The zero-order valence-corrected chi connectivity index (χ0v) is 22.2. The minimum absolute atomic E-state index is 0. The Morgan fingerprint density at radius 1 is 1.28 bits per heavy atom. The van der Waals surface area contributed by atoms with Gasteiger partial charge in [-0.2, -0.15) is 0 Å². The van der Waals surface area contributed by atoms with Gasteiger partial charge in [-0.25, -0.2) is 9.98 Å². The molecule has 1 aromatic heterocycles. The number of nitrogens with one attached hydrogen (secondary N) is 2. The van der Waals surface area contributed by atoms with Crippen LogP contribution in [0.15, 0.2) is 41.7 Å². The minimum Gasteiger partial charge on any atom is -0.374 e. The molecule has 3 rings (SSSR count). The lowest BCUT2D eigenvalue weighted by atomic mass is 10.1. The quantitative estimate of drug-likeness (QED) is 0.283. The van der Waals surface area contributed by atoms with Crippen LogP contribution in [-0.4, -0.2) is 65.8 Å². The van der Waals surface area contributed by atoms with Crippen LogP contribution in [0, 0.1) is 12.8 Å². The van der Waals surface area contributed by atoms with Gasteiger partial charge in [0.05, 0.1) is 19.3 Å². The Morgan fingerprint density at radius 2 is 2.09 bits per heavy atom. The predicted molar refractivity (Wildman–Crippen MR) is 142 cm³/mol. The monoisotopic (exact) mass is 554 g/mol. The van der Waals surface area contributed by atoms with E-state index < -0.39 is 0 Å². The third kappa shape index (κ3) is 8.71. The summed E-state index contributed by atoms with van der Waals surface area (Å²) in [5.41, 5.74) is 2.46. The molecular formula is C24H39IN6O. The van der Waals surface area contributed by atoms with Gasteiger partial charge >= 0.3 is 0 Å². The Morgan fingerprint density at radius 3 is 2.81 bits per heavy atom. The Hall–Kier alpha value is -1.65. The molecule has 0 aliphatic carbocycles. The van der Waals surface area contributed by atoms with Crippen molar-refractivity contribution in [1.29, 1.82) is 0 Å². The summed E-state index contributed by atoms with van der Waals surface area (Å²) in [7, 11) is 0. The average molecular weight is 555 g/mol. The molecule has 1 aliphatic heterocycles. The topological polar surface area (TPSA) is 66.7 Å². The van der Waals surface area contributed by atoms with Crippen LogP contribution in [0.5, 0.6) is 0 Å². The number of hydrogen-bond donors (Lipinski definition) is 2. The van der Waals surface area contributed by atoms with Gasteiger partial charge in [-0.3, -0.25) is 4.90 Å². The van der Waals surface area contributed by atoms with E-state index in [1.807, 2.05) is 19.3 Å². The summed E-state index contributed by atoms with van der Waals surface area (Å²) in [5, 5.41) is 6.82. The Labute approximate surface area is 210 Å². The maximum absolute atomic E-state index is 5.96. The van der Waals surface area contributed by atoms with Gasteiger partial charge in [-0.05, 0) is 30.9 Å². The van der Waals surface area contributed by atoms with Crippen molar-refractivity contribution in [3.63, 3.8) is 0 Å². The van der Waals surface area contributed by atoms with Crippen molar-refractivity contribution in [3.05, 3.63) is 53.6 Å². The molecule has 1 saturated heterocycles. The van der Waals surface area contributed by atoms with Crippen LogP contribution < -0.4 is 10.6 Å². The predicted octanol–water partition coefficient (Wildman–Crippen LogP) is 3.27. The summed E-state index contributed by atoms with van der Waals surface area (Å²) >= 11 is 0. The number of benzene rings is 1. The molecule has 1 aliphatic rings. The lowest BCUT2D eigenvalue weighted by molar-refractivity contribution is -0.0284. The molecule has 7 nitrogen and oxygen atoms in total. The van der Waals surface area contributed by atoms with Gasteiger partial charge in [-0.15, -0.1) is 24.0 Å². The van der Waals surface area contributed by atoms with Crippen molar-refractivity contribution < 1.29 is 4.74 Å². The number of ether oxygens (including phenoxy) is 1. The Bertz CT molecular complexity index is 837. The summed E-state index contributed by atoms with van der Waals surface area (Å²) in [4.78, 5) is 11.6. The highest BCUT2D eigenvalue weighted by Crippen LogP contribution is 2.10. The summed E-state index contributed by atoms with van der Waals surface area (Å²) in [6, 6.07) is 8.61. The summed E-state index contributed by atoms with van der Waals surface area (Å²) in [5.74, 6) is 2.54. The van der Waals surface area contributed by atoms with E-state index >= 15 is 0 Å². The van der Waals surface area contributed by atoms with Gasteiger partial charge in [0.2, 0.25) is 0 Å². The van der Waals surface area contributed by atoms with E-state index in [1.54, 1.807) is 0 Å². The van der Waals surface area contributed by atoms with Gasteiger partial charge in [-0.1, -0.05) is 38.1 Å². The van der Waals surface area contributed by atoms with Gasteiger partial charge in [0, 0.05) is 51.7 Å². The van der Waals surface area contributed by atoms with Crippen LogP contribution in [0.3, 0.4) is 0 Å². The number of aryl methyl sites for hydroxylation is 1. The van der Waals surface area contributed by atoms with Gasteiger partial charge in [0.1, 0.15) is 5.82 Å². The second kappa shape index (κ2) is 13.8. The fourth-order valence-electron chi connectivity index (χ4n) is 3.90. The number of hydrogen-bond acceptors (Lipinski definition) is 4. The first-order valence-electron chi connectivity index (χ1n) is 11.4. The molecule has 1 fully saturated rings. The van der Waals surface area contributed by atoms with Crippen molar-refractivity contribution in [3.8, 4) is 0 Å². The fraction of sp³-hybridized carbons (Fsp3) is 0.583. The van der Waals surface area contributed by atoms with Gasteiger partial charge in [0.25, 0.3) is 0 Å². The smallest absolute Gasteiger partial charge is 0.191 e. The first kappa shape index (κ1) is 26.6. The Balaban J connectivity index is 0.00000363. The number of aliphatic imine (C=N–C) groups is 1. The van der Waals surface area contributed by atoms with Gasteiger partial charge in [0.15, 0.2) is 5.96 Å². The van der Waals surface area contributed by atoms with Crippen LogP contribution in [-0.2, 0) is 17.8 Å². The lowest BCUT2D eigenvalue weighted by Gasteiger charge is -2.34. The normalized spacial score (nSPS) is 17.3. The first-order chi connectivity index (χ1) is 15.0. The van der Waals surface area contributed by atoms with Crippen molar-refractivity contribution in [2.75, 3.05) is 39.3 Å². The highest BCUT2D eigenvalue weighted by molar-refractivity contribution is 14.0. The number of imidazole rings is 1. The molecule has 0 bridgehead atoms. The molecule has 0 amide bonds. The zero-order valence-electron chi connectivity index (χ0n) is 19.9. The maximum Gasteiger partial charge on any atom is 0.191 e. The number of aromatic nitrogens is 2. The van der Waals surface area contributed by atoms with E-state index in [0.717, 1.165) is 57.7 Å². The van der Waals surface area contributed by atoms with Crippen LogP contribution in [0.4, 0.5) is 0 Å². The highest BCUT2D eigenvalue weighted by Gasteiger charge is 2.21. The third-order valence-electron chi connectivity index (χ3n) is 5.38. The molecule has 32 heavy (non-hydrogen) atoms. The fourth-order valence-corrected chi connectivity index (χ4v) is 3.90. The molecule has 1 unspecified atom stereocenters. The van der Waals surface area contributed by atoms with Crippen molar-refractivity contribution >= 4 is 29.9 Å². The molecule has 0 radical (unpaired) electrons. The molecule has 1 atom stereocenters. The summed E-state index contributed by atoms with van der Waals surface area (Å²) < 4.78 is 8.12. The zero-order chi connectivity index (χ0) is 22.1. The van der Waals surface area contributed by atoms with Gasteiger partial charge < -0.3 is 19.9 Å². The van der Waals surface area contributed by atoms with Crippen LogP contribution in [0.2, 0.25) is 0 Å². The third-order valence-corrected chi connectivity index (χ3v) is 5.38. The Kier molecular flexibility index (Phi) is 11.5. The van der Waals surface area contributed by atoms with E-state index in [4.69, 9.17) is 9.73 Å². The molecular weight excluding hydrogens is 515 g/mol. The lowest BCUT2D eigenvalue weighted by Crippen LogP contribution is -2.50. The molecule has 2 heterocycles. The SMILES string of the molecule is CCNC(=NCc1cccc(Cn2ccnc2C)c1)NCC1CN(CC(C)C)CCO1.I. The number of morpholine rings is 1. The second-order valence-electron chi connectivity index (χ2n) is 8.64. The van der Waals surface area contributed by atoms with Crippen molar-refractivity contribution in [2.45, 2.75) is 46.9 Å². The molecule has 0 saturated carbocycles. The molecule has 2 N–H and O–H groups in total. The van der Waals surface area contributed by atoms with E-state index in [-0.39, 0.29) is 30.1 Å². The second-order valence-corrected chi connectivity index (χ2v) is 8.64. The van der Waals surface area contributed by atoms with Crippen LogP contribution >= 0.6 is 24.0 Å².